The third-order valence-electron chi connectivity index (χ3n) is 5.88. The van der Waals surface area contributed by atoms with Crippen molar-refractivity contribution in [1.29, 1.82) is 0 Å². The van der Waals surface area contributed by atoms with Gasteiger partial charge < -0.3 is 19.9 Å². The molecule has 32 heavy (non-hydrogen) atoms. The predicted molar refractivity (Wildman–Crippen MR) is 120 cm³/mol. The molecular weight excluding hydrogens is 414 g/mol. The summed E-state index contributed by atoms with van der Waals surface area (Å²) in [6.07, 6.45) is 1.64. The lowest BCUT2D eigenvalue weighted by atomic mass is 10.0. The number of hydrogen-bond acceptors (Lipinski definition) is 7. The van der Waals surface area contributed by atoms with Gasteiger partial charge in [-0.15, -0.1) is 0 Å². The van der Waals surface area contributed by atoms with Gasteiger partial charge in [-0.05, 0) is 36.5 Å². The lowest BCUT2D eigenvalue weighted by Crippen LogP contribution is -2.41. The quantitative estimate of drug-likeness (QED) is 0.529. The molecule has 10 heteroatoms. The van der Waals surface area contributed by atoms with E-state index >= 15 is 0 Å². The Hall–Kier alpha value is -3.11. The van der Waals surface area contributed by atoms with Crippen molar-refractivity contribution in [1.82, 2.24) is 18.7 Å². The molecule has 1 saturated heterocycles. The minimum atomic E-state index is -0.381. The molecule has 0 saturated carbocycles. The molecule has 0 aliphatic carbocycles. The van der Waals surface area contributed by atoms with Crippen LogP contribution in [0.3, 0.4) is 0 Å². The van der Waals surface area contributed by atoms with E-state index in [4.69, 9.17) is 9.47 Å². The van der Waals surface area contributed by atoms with Crippen LogP contribution < -0.4 is 21.3 Å². The molecule has 2 aromatic heterocycles. The number of fused-ring (bicyclic) bond motifs is 1. The predicted octanol–water partition coefficient (Wildman–Crippen LogP) is 0.784. The van der Waals surface area contributed by atoms with E-state index in [0.717, 1.165) is 18.4 Å². The first-order valence-corrected chi connectivity index (χ1v) is 10.8. The van der Waals surface area contributed by atoms with Crippen molar-refractivity contribution in [3.8, 4) is 5.75 Å². The third kappa shape index (κ3) is 4.28. The second-order valence-electron chi connectivity index (χ2n) is 8.01. The summed E-state index contributed by atoms with van der Waals surface area (Å²) < 4.78 is 15.2. The molecule has 1 aromatic carbocycles. The number of nitrogens with one attached hydrogen (secondary N) is 1. The number of anilines is 1. The van der Waals surface area contributed by atoms with Crippen LogP contribution in [-0.4, -0.2) is 57.3 Å². The molecule has 0 spiro atoms. The van der Waals surface area contributed by atoms with Gasteiger partial charge in [0.1, 0.15) is 5.75 Å². The van der Waals surface area contributed by atoms with Gasteiger partial charge in [-0.25, -0.2) is 4.79 Å². The van der Waals surface area contributed by atoms with Gasteiger partial charge in [0.25, 0.3) is 5.56 Å². The second kappa shape index (κ2) is 9.58. The number of imidazole rings is 1. The van der Waals surface area contributed by atoms with Gasteiger partial charge >= 0.3 is 5.69 Å². The molecule has 4 rings (SSSR count). The molecule has 10 nitrogen and oxygen atoms in total. The number of benzene rings is 1. The van der Waals surface area contributed by atoms with Crippen molar-refractivity contribution in [2.75, 3.05) is 38.8 Å². The highest BCUT2D eigenvalue weighted by Crippen LogP contribution is 2.21. The van der Waals surface area contributed by atoms with E-state index in [1.807, 2.05) is 24.3 Å². The van der Waals surface area contributed by atoms with E-state index in [-0.39, 0.29) is 30.3 Å². The van der Waals surface area contributed by atoms with Crippen molar-refractivity contribution >= 4 is 17.1 Å². The van der Waals surface area contributed by atoms with Crippen LogP contribution in [0.5, 0.6) is 5.75 Å². The van der Waals surface area contributed by atoms with Crippen molar-refractivity contribution in [2.24, 2.45) is 13.0 Å². The van der Waals surface area contributed by atoms with Crippen LogP contribution in [0.25, 0.3) is 11.2 Å². The molecule has 0 amide bonds. The number of aliphatic hydroxyl groups excluding tert-OH is 1. The SMILES string of the molecule is COc1cccc(Cn2c(NCCO)nc3c2c(=O)n(CC2CCOCC2)c(=O)n3C)c1. The smallest absolute Gasteiger partial charge is 0.332 e. The minimum absolute atomic E-state index is 0.0880. The van der Waals surface area contributed by atoms with Gasteiger partial charge in [-0.1, -0.05) is 12.1 Å². The number of aromatic nitrogens is 4. The second-order valence-corrected chi connectivity index (χ2v) is 8.01. The van der Waals surface area contributed by atoms with Gasteiger partial charge in [-0.3, -0.25) is 18.5 Å². The van der Waals surface area contributed by atoms with E-state index in [2.05, 4.69) is 10.3 Å². The monoisotopic (exact) mass is 443 g/mol. The Bertz CT molecular complexity index is 1210. The zero-order chi connectivity index (χ0) is 22.7. The number of aryl methyl sites for hydroxylation is 1. The molecule has 0 bridgehead atoms. The van der Waals surface area contributed by atoms with Crippen LogP contribution in [0.4, 0.5) is 5.95 Å². The Morgan fingerprint density at radius 3 is 2.75 bits per heavy atom. The number of methoxy groups -OCH3 is 1. The molecule has 172 valence electrons. The summed E-state index contributed by atoms with van der Waals surface area (Å²) in [6.45, 7) is 2.18. The van der Waals surface area contributed by atoms with Crippen LogP contribution in [0.15, 0.2) is 33.9 Å². The summed E-state index contributed by atoms with van der Waals surface area (Å²) in [7, 11) is 3.23. The minimum Gasteiger partial charge on any atom is -0.497 e. The Morgan fingerprint density at radius 2 is 2.03 bits per heavy atom. The average Bonchev–Trinajstić information content (AvgIpc) is 3.18. The van der Waals surface area contributed by atoms with Crippen LogP contribution in [0.1, 0.15) is 18.4 Å². The molecule has 0 unspecified atom stereocenters. The average molecular weight is 444 g/mol. The fraction of sp³-hybridized carbons (Fsp3) is 0.500. The summed E-state index contributed by atoms with van der Waals surface area (Å²) in [5.74, 6) is 1.35. The first kappa shape index (κ1) is 22.1. The molecule has 1 aliphatic heterocycles. The molecule has 1 fully saturated rings. The summed E-state index contributed by atoms with van der Waals surface area (Å²) in [5.41, 5.74) is 0.838. The maximum absolute atomic E-state index is 13.6. The topological polar surface area (TPSA) is 113 Å². The van der Waals surface area contributed by atoms with E-state index in [1.54, 1.807) is 18.7 Å². The lowest BCUT2D eigenvalue weighted by Gasteiger charge is -2.22. The molecule has 0 atom stereocenters. The van der Waals surface area contributed by atoms with Crippen molar-refractivity contribution in [3.63, 3.8) is 0 Å². The normalized spacial score (nSPS) is 14.7. The van der Waals surface area contributed by atoms with Crippen molar-refractivity contribution < 1.29 is 14.6 Å². The molecule has 3 heterocycles. The molecule has 0 radical (unpaired) electrons. The van der Waals surface area contributed by atoms with Crippen LogP contribution in [0.2, 0.25) is 0 Å². The largest absolute Gasteiger partial charge is 0.497 e. The molecule has 3 aromatic rings. The number of aliphatic hydroxyl groups is 1. The van der Waals surface area contributed by atoms with E-state index in [9.17, 15) is 14.7 Å². The maximum Gasteiger partial charge on any atom is 0.332 e. The Labute approximate surface area is 185 Å². The highest BCUT2D eigenvalue weighted by molar-refractivity contribution is 5.74. The zero-order valence-electron chi connectivity index (χ0n) is 18.4. The zero-order valence-corrected chi connectivity index (χ0v) is 18.4. The summed E-state index contributed by atoms with van der Waals surface area (Å²) in [4.78, 5) is 31.1. The van der Waals surface area contributed by atoms with Gasteiger partial charge in [0, 0.05) is 33.4 Å². The van der Waals surface area contributed by atoms with E-state index in [0.29, 0.717) is 49.2 Å². The van der Waals surface area contributed by atoms with Crippen molar-refractivity contribution in [2.45, 2.75) is 25.9 Å². The Morgan fingerprint density at radius 1 is 1.25 bits per heavy atom. The lowest BCUT2D eigenvalue weighted by molar-refractivity contribution is 0.0605. The fourth-order valence-corrected chi connectivity index (χ4v) is 4.13. The number of rotatable bonds is 8. The van der Waals surface area contributed by atoms with Crippen molar-refractivity contribution in [3.05, 3.63) is 50.7 Å². The third-order valence-corrected chi connectivity index (χ3v) is 5.88. The molecular formula is C22H29N5O5. The van der Waals surface area contributed by atoms with Crippen LogP contribution >= 0.6 is 0 Å². The van der Waals surface area contributed by atoms with Crippen LogP contribution in [0, 0.1) is 5.92 Å². The Kier molecular flexibility index (Phi) is 6.61. The maximum atomic E-state index is 13.6. The van der Waals surface area contributed by atoms with Gasteiger partial charge in [-0.2, -0.15) is 4.98 Å². The first-order valence-electron chi connectivity index (χ1n) is 10.8. The van der Waals surface area contributed by atoms with Gasteiger partial charge in [0.05, 0.1) is 20.3 Å². The van der Waals surface area contributed by atoms with Gasteiger partial charge in [0.15, 0.2) is 11.2 Å². The van der Waals surface area contributed by atoms with E-state index < -0.39 is 0 Å². The highest BCUT2D eigenvalue weighted by atomic mass is 16.5. The summed E-state index contributed by atoms with van der Waals surface area (Å²) in [5, 5.41) is 12.4. The molecule has 1 aliphatic rings. The van der Waals surface area contributed by atoms with E-state index in [1.165, 1.54) is 9.13 Å². The first-order chi connectivity index (χ1) is 15.5. The molecule has 2 N–H and O–H groups in total. The van der Waals surface area contributed by atoms with Crippen LogP contribution in [-0.2, 0) is 24.9 Å². The van der Waals surface area contributed by atoms with Gasteiger partial charge in [0.2, 0.25) is 5.95 Å². The highest BCUT2D eigenvalue weighted by Gasteiger charge is 2.23. The number of ether oxygens (including phenoxy) is 2. The number of nitrogens with zero attached hydrogens (tertiary/aromatic N) is 4. The summed E-state index contributed by atoms with van der Waals surface area (Å²) in [6, 6.07) is 7.56. The fourth-order valence-electron chi connectivity index (χ4n) is 4.13. The number of hydrogen-bond donors (Lipinski definition) is 2. The Balaban J connectivity index is 1.85. The standard InChI is InChI=1S/C22H29N5O5/c1-25-19-18(20(29)27(22(25)30)13-15-6-10-32-11-7-15)26(21(24-19)23-8-9-28)14-16-4-3-5-17(12-16)31-2/h3-5,12,15,28H,6-11,13-14H2,1-2H3,(H,23,24). The summed E-state index contributed by atoms with van der Waals surface area (Å²) >= 11 is 0.